The topological polar surface area (TPSA) is 81.5 Å². The van der Waals surface area contributed by atoms with Gasteiger partial charge in [-0.05, 0) is 22.0 Å². The molecule has 0 saturated carbocycles. The Bertz CT molecular complexity index is 408. The summed E-state index contributed by atoms with van der Waals surface area (Å²) in [5, 5.41) is 12.8. The molecule has 1 rings (SSSR count). The Balaban J connectivity index is 2.93. The third-order valence-electron chi connectivity index (χ3n) is 1.59. The summed E-state index contributed by atoms with van der Waals surface area (Å²) >= 11 is 3.10. The minimum absolute atomic E-state index is 0.0581. The lowest BCUT2D eigenvalue weighted by molar-refractivity contribution is -0.384. The molecule has 15 heavy (non-hydrogen) atoms. The summed E-state index contributed by atoms with van der Waals surface area (Å²) in [4.78, 5) is 20.8. The van der Waals surface area contributed by atoms with E-state index in [0.29, 0.717) is 10.2 Å². The highest BCUT2D eigenvalue weighted by Crippen LogP contribution is 2.26. The molecule has 1 aromatic carbocycles. The number of halogens is 1. The number of benzene rings is 1. The number of amides is 1. The zero-order valence-electron chi connectivity index (χ0n) is 7.69. The van der Waals surface area contributed by atoms with Gasteiger partial charge in [0.2, 0.25) is 0 Å². The first-order chi connectivity index (χ1) is 7.04. The molecule has 0 saturated heterocycles. The van der Waals surface area contributed by atoms with Crippen molar-refractivity contribution < 1.29 is 14.5 Å². The van der Waals surface area contributed by atoms with E-state index < -0.39 is 11.0 Å². The second kappa shape index (κ2) is 4.74. The second-order valence-corrected chi connectivity index (χ2v) is 3.39. The fourth-order valence-corrected chi connectivity index (χ4v) is 1.35. The van der Waals surface area contributed by atoms with Crippen LogP contribution in [-0.4, -0.2) is 18.1 Å². The van der Waals surface area contributed by atoms with Crippen molar-refractivity contribution in [3.8, 4) is 0 Å². The number of carbonyl (C=O) groups excluding carboxylic acids is 1. The molecule has 0 aliphatic carbocycles. The number of anilines is 1. The minimum Gasteiger partial charge on any atom is -0.453 e. The van der Waals surface area contributed by atoms with E-state index in [1.165, 1.54) is 25.3 Å². The number of nitrogens with zero attached hydrogens (tertiary/aromatic N) is 1. The zero-order chi connectivity index (χ0) is 11.4. The van der Waals surface area contributed by atoms with Crippen molar-refractivity contribution in [2.75, 3.05) is 12.4 Å². The van der Waals surface area contributed by atoms with Crippen molar-refractivity contribution in [1.82, 2.24) is 0 Å². The molecule has 0 fully saturated rings. The standard InChI is InChI=1S/C8H7BrN2O4/c1-15-8(12)10-7-3-2-5(11(13)14)4-6(7)9/h2-4H,1H3,(H,10,12). The van der Waals surface area contributed by atoms with Crippen LogP contribution in [0.5, 0.6) is 0 Å². The Morgan fingerprint density at radius 1 is 1.60 bits per heavy atom. The molecule has 6 nitrogen and oxygen atoms in total. The third kappa shape index (κ3) is 2.91. The van der Waals surface area contributed by atoms with Gasteiger partial charge in [0, 0.05) is 16.6 Å². The number of nitrogens with one attached hydrogen (secondary N) is 1. The molecule has 1 aromatic rings. The van der Waals surface area contributed by atoms with Gasteiger partial charge in [0.1, 0.15) is 0 Å². The maximum absolute atomic E-state index is 10.9. The second-order valence-electron chi connectivity index (χ2n) is 2.54. The van der Waals surface area contributed by atoms with Crippen LogP contribution in [0.4, 0.5) is 16.2 Å². The Kier molecular flexibility index (Phi) is 3.62. The van der Waals surface area contributed by atoms with Gasteiger partial charge in [0.05, 0.1) is 17.7 Å². The first-order valence-corrected chi connectivity index (χ1v) is 4.63. The highest BCUT2D eigenvalue weighted by Gasteiger charge is 2.10. The van der Waals surface area contributed by atoms with Gasteiger partial charge in [-0.25, -0.2) is 4.79 Å². The van der Waals surface area contributed by atoms with Crippen LogP contribution in [0.3, 0.4) is 0 Å². The number of non-ortho nitro benzene ring substituents is 1. The van der Waals surface area contributed by atoms with Gasteiger partial charge in [-0.2, -0.15) is 0 Å². The van der Waals surface area contributed by atoms with Gasteiger partial charge in [-0.3, -0.25) is 15.4 Å². The minimum atomic E-state index is -0.635. The lowest BCUT2D eigenvalue weighted by Gasteiger charge is -2.05. The van der Waals surface area contributed by atoms with Crippen molar-refractivity contribution in [2.24, 2.45) is 0 Å². The molecule has 7 heteroatoms. The number of nitro groups is 1. The number of hydrogen-bond donors (Lipinski definition) is 1. The van der Waals surface area contributed by atoms with E-state index in [2.05, 4.69) is 26.0 Å². The molecule has 0 bridgehead atoms. The largest absolute Gasteiger partial charge is 0.453 e. The monoisotopic (exact) mass is 274 g/mol. The van der Waals surface area contributed by atoms with Gasteiger partial charge in [-0.15, -0.1) is 0 Å². The van der Waals surface area contributed by atoms with Crippen LogP contribution in [0.15, 0.2) is 22.7 Å². The smallest absolute Gasteiger partial charge is 0.411 e. The summed E-state index contributed by atoms with van der Waals surface area (Å²) < 4.78 is 4.80. The Hall–Kier alpha value is -1.63. The van der Waals surface area contributed by atoms with Crippen LogP contribution in [0.25, 0.3) is 0 Å². The SMILES string of the molecule is COC(=O)Nc1ccc([N+](=O)[O-])cc1Br. The van der Waals surface area contributed by atoms with E-state index in [1.807, 2.05) is 0 Å². The molecular formula is C8H7BrN2O4. The fourth-order valence-electron chi connectivity index (χ4n) is 0.880. The highest BCUT2D eigenvalue weighted by atomic mass is 79.9. The van der Waals surface area contributed by atoms with Gasteiger partial charge in [0.15, 0.2) is 0 Å². The van der Waals surface area contributed by atoms with Gasteiger partial charge < -0.3 is 4.74 Å². The van der Waals surface area contributed by atoms with Crippen LogP contribution >= 0.6 is 15.9 Å². The van der Waals surface area contributed by atoms with Crippen LogP contribution in [0.2, 0.25) is 0 Å². The predicted molar refractivity (Wildman–Crippen MR) is 56.8 cm³/mol. The summed E-state index contributed by atoms with van der Waals surface area (Å²) in [6.45, 7) is 0. The molecule has 1 N–H and O–H groups in total. The molecule has 0 radical (unpaired) electrons. The first kappa shape index (κ1) is 11.4. The van der Waals surface area contributed by atoms with Crippen molar-refractivity contribution >= 4 is 33.4 Å². The summed E-state index contributed by atoms with van der Waals surface area (Å²) in [6.07, 6.45) is -0.635. The summed E-state index contributed by atoms with van der Waals surface area (Å²) in [5.41, 5.74) is 0.352. The van der Waals surface area contributed by atoms with Crippen molar-refractivity contribution in [3.05, 3.63) is 32.8 Å². The number of ether oxygens (including phenoxy) is 1. The van der Waals surface area contributed by atoms with Crippen molar-refractivity contribution in [3.63, 3.8) is 0 Å². The Labute approximate surface area is 93.5 Å². The van der Waals surface area contributed by atoms with Crippen LogP contribution in [0, 0.1) is 10.1 Å². The molecule has 0 unspecified atom stereocenters. The number of nitro benzene ring substituents is 1. The summed E-state index contributed by atoms with van der Waals surface area (Å²) in [5.74, 6) is 0. The first-order valence-electron chi connectivity index (χ1n) is 3.83. The molecule has 0 spiro atoms. The maximum Gasteiger partial charge on any atom is 0.411 e. The third-order valence-corrected chi connectivity index (χ3v) is 2.24. The van der Waals surface area contributed by atoms with Gasteiger partial charge in [-0.1, -0.05) is 0 Å². The van der Waals surface area contributed by atoms with E-state index in [-0.39, 0.29) is 5.69 Å². The Morgan fingerprint density at radius 2 is 2.27 bits per heavy atom. The summed E-state index contributed by atoms with van der Waals surface area (Å²) in [7, 11) is 1.23. The van der Waals surface area contributed by atoms with Crippen LogP contribution < -0.4 is 5.32 Å². The van der Waals surface area contributed by atoms with Crippen molar-refractivity contribution in [2.45, 2.75) is 0 Å². The van der Waals surface area contributed by atoms with Crippen LogP contribution in [-0.2, 0) is 4.74 Å². The summed E-state index contributed by atoms with van der Waals surface area (Å²) in [6, 6.07) is 4.00. The molecule has 0 heterocycles. The number of hydrogen-bond acceptors (Lipinski definition) is 4. The molecule has 80 valence electrons. The molecule has 0 aliphatic rings. The molecule has 0 aromatic heterocycles. The molecular weight excluding hydrogens is 268 g/mol. The lowest BCUT2D eigenvalue weighted by Crippen LogP contribution is -2.11. The molecule has 0 atom stereocenters. The fraction of sp³-hybridized carbons (Fsp3) is 0.125. The maximum atomic E-state index is 10.9. The number of methoxy groups -OCH3 is 1. The average molecular weight is 275 g/mol. The van der Waals surface area contributed by atoms with Crippen LogP contribution in [0.1, 0.15) is 0 Å². The zero-order valence-corrected chi connectivity index (χ0v) is 9.28. The van der Waals surface area contributed by atoms with E-state index in [4.69, 9.17) is 0 Å². The van der Waals surface area contributed by atoms with Gasteiger partial charge in [0.25, 0.3) is 5.69 Å². The van der Waals surface area contributed by atoms with E-state index in [1.54, 1.807) is 0 Å². The van der Waals surface area contributed by atoms with Gasteiger partial charge >= 0.3 is 6.09 Å². The number of carbonyl (C=O) groups is 1. The number of rotatable bonds is 2. The van der Waals surface area contributed by atoms with E-state index >= 15 is 0 Å². The molecule has 1 amide bonds. The predicted octanol–water partition coefficient (Wildman–Crippen LogP) is 2.54. The lowest BCUT2D eigenvalue weighted by atomic mass is 10.3. The average Bonchev–Trinajstić information content (AvgIpc) is 2.20. The van der Waals surface area contributed by atoms with Crippen molar-refractivity contribution in [1.29, 1.82) is 0 Å². The quantitative estimate of drug-likeness (QED) is 0.664. The normalized spacial score (nSPS) is 9.47. The van der Waals surface area contributed by atoms with E-state index in [0.717, 1.165) is 0 Å². The Morgan fingerprint density at radius 3 is 2.73 bits per heavy atom. The molecule has 0 aliphatic heterocycles. The highest BCUT2D eigenvalue weighted by molar-refractivity contribution is 9.10. The van der Waals surface area contributed by atoms with E-state index in [9.17, 15) is 14.9 Å².